The van der Waals surface area contributed by atoms with E-state index in [1.165, 1.54) is 0 Å². The van der Waals surface area contributed by atoms with Crippen LogP contribution in [0.3, 0.4) is 0 Å². The summed E-state index contributed by atoms with van der Waals surface area (Å²) in [4.78, 5) is 14.6. The molecule has 0 N–H and O–H groups in total. The van der Waals surface area contributed by atoms with Gasteiger partial charge < -0.3 is 19.1 Å². The molecule has 0 radical (unpaired) electrons. The maximum atomic E-state index is 12.7. The zero-order valence-electron chi connectivity index (χ0n) is 13.1. The van der Waals surface area contributed by atoms with Crippen molar-refractivity contribution in [1.82, 2.24) is 15.1 Å². The maximum Gasteiger partial charge on any atom is 0.254 e. The molecule has 7 nitrogen and oxygen atoms in total. The van der Waals surface area contributed by atoms with Gasteiger partial charge in [-0.3, -0.25) is 4.79 Å². The SMILES string of the molecule is O=C(c1ccc2c(c1)OCO2)N1CCCC(Oc2cccnn2)C1. The summed E-state index contributed by atoms with van der Waals surface area (Å²) in [5.41, 5.74) is 0.597. The van der Waals surface area contributed by atoms with Crippen LogP contribution in [0.15, 0.2) is 36.5 Å². The lowest BCUT2D eigenvalue weighted by molar-refractivity contribution is 0.0525. The molecule has 24 heavy (non-hydrogen) atoms. The molecule has 2 aliphatic rings. The third kappa shape index (κ3) is 2.97. The molecular weight excluding hydrogens is 310 g/mol. The number of ether oxygens (including phenoxy) is 3. The molecule has 3 heterocycles. The van der Waals surface area contributed by atoms with Crippen molar-refractivity contribution in [3.8, 4) is 17.4 Å². The lowest BCUT2D eigenvalue weighted by atomic mass is 10.1. The molecule has 4 rings (SSSR count). The summed E-state index contributed by atoms with van der Waals surface area (Å²) in [6.45, 7) is 1.45. The van der Waals surface area contributed by atoms with Gasteiger partial charge in [-0.15, -0.1) is 5.10 Å². The van der Waals surface area contributed by atoms with Crippen LogP contribution in [0, 0.1) is 0 Å². The minimum absolute atomic E-state index is 0.0271. The van der Waals surface area contributed by atoms with Crippen molar-refractivity contribution in [2.45, 2.75) is 18.9 Å². The number of benzene rings is 1. The Morgan fingerprint density at radius 3 is 3.04 bits per heavy atom. The van der Waals surface area contributed by atoms with Crippen molar-refractivity contribution in [1.29, 1.82) is 0 Å². The number of carbonyl (C=O) groups excluding carboxylic acids is 1. The number of nitrogens with zero attached hydrogens (tertiary/aromatic N) is 3. The van der Waals surface area contributed by atoms with Gasteiger partial charge in [-0.05, 0) is 37.1 Å². The molecular formula is C17H17N3O4. The van der Waals surface area contributed by atoms with Crippen molar-refractivity contribution in [3.05, 3.63) is 42.1 Å². The molecule has 1 aromatic carbocycles. The second kappa shape index (κ2) is 6.35. The Labute approximate surface area is 139 Å². The molecule has 1 unspecified atom stereocenters. The largest absolute Gasteiger partial charge is 0.471 e. The number of piperidine rings is 1. The van der Waals surface area contributed by atoms with E-state index in [2.05, 4.69) is 10.2 Å². The van der Waals surface area contributed by atoms with E-state index in [0.717, 1.165) is 12.8 Å². The highest BCUT2D eigenvalue weighted by Gasteiger charge is 2.27. The molecule has 1 atom stereocenters. The average molecular weight is 327 g/mol. The second-order valence-corrected chi connectivity index (χ2v) is 5.76. The van der Waals surface area contributed by atoms with E-state index in [0.29, 0.717) is 36.0 Å². The van der Waals surface area contributed by atoms with E-state index in [1.54, 1.807) is 36.5 Å². The van der Waals surface area contributed by atoms with E-state index in [-0.39, 0.29) is 18.8 Å². The lowest BCUT2D eigenvalue weighted by Gasteiger charge is -2.32. The molecule has 1 amide bonds. The Morgan fingerprint density at radius 2 is 2.17 bits per heavy atom. The number of hydrogen-bond acceptors (Lipinski definition) is 6. The number of carbonyl (C=O) groups is 1. The van der Waals surface area contributed by atoms with E-state index in [9.17, 15) is 4.79 Å². The number of fused-ring (bicyclic) bond motifs is 1. The van der Waals surface area contributed by atoms with Crippen molar-refractivity contribution < 1.29 is 19.0 Å². The number of amides is 1. The zero-order chi connectivity index (χ0) is 16.4. The fourth-order valence-electron chi connectivity index (χ4n) is 2.95. The highest BCUT2D eigenvalue weighted by atomic mass is 16.7. The molecule has 2 aliphatic heterocycles. The Bertz CT molecular complexity index is 738. The predicted molar refractivity (Wildman–Crippen MR) is 84.2 cm³/mol. The molecule has 124 valence electrons. The monoisotopic (exact) mass is 327 g/mol. The van der Waals surface area contributed by atoms with Gasteiger partial charge >= 0.3 is 0 Å². The minimum atomic E-state index is -0.0755. The molecule has 0 spiro atoms. The summed E-state index contributed by atoms with van der Waals surface area (Å²) in [5.74, 6) is 1.75. The number of likely N-dealkylation sites (tertiary alicyclic amines) is 1. The van der Waals surface area contributed by atoms with Gasteiger partial charge in [0.1, 0.15) is 6.10 Å². The quantitative estimate of drug-likeness (QED) is 0.857. The summed E-state index contributed by atoms with van der Waals surface area (Å²) in [7, 11) is 0. The van der Waals surface area contributed by atoms with Crippen LogP contribution in [0.1, 0.15) is 23.2 Å². The van der Waals surface area contributed by atoms with Crippen LogP contribution in [-0.4, -0.2) is 47.0 Å². The summed E-state index contributed by atoms with van der Waals surface area (Å²) in [6.07, 6.45) is 3.31. The minimum Gasteiger partial charge on any atom is -0.471 e. The van der Waals surface area contributed by atoms with Crippen LogP contribution in [0.2, 0.25) is 0 Å². The molecule has 1 fully saturated rings. The topological polar surface area (TPSA) is 73.8 Å². The van der Waals surface area contributed by atoms with Crippen LogP contribution < -0.4 is 14.2 Å². The second-order valence-electron chi connectivity index (χ2n) is 5.76. The van der Waals surface area contributed by atoms with E-state index >= 15 is 0 Å². The molecule has 1 aromatic heterocycles. The smallest absolute Gasteiger partial charge is 0.254 e. The predicted octanol–water partition coefficient (Wildman–Crippen LogP) is 1.89. The van der Waals surface area contributed by atoms with Crippen LogP contribution in [0.4, 0.5) is 0 Å². The van der Waals surface area contributed by atoms with Crippen LogP contribution in [0.5, 0.6) is 17.4 Å². The van der Waals surface area contributed by atoms with Gasteiger partial charge in [-0.2, -0.15) is 5.10 Å². The van der Waals surface area contributed by atoms with E-state index < -0.39 is 0 Å². The fourth-order valence-corrected chi connectivity index (χ4v) is 2.95. The standard InChI is InChI=1S/C17H17N3O4/c21-17(12-5-6-14-15(9-12)23-11-22-14)20-8-2-3-13(10-20)24-16-4-1-7-18-19-16/h1,4-7,9,13H,2-3,8,10-11H2. The summed E-state index contributed by atoms with van der Waals surface area (Å²) in [5, 5.41) is 7.74. The van der Waals surface area contributed by atoms with Gasteiger partial charge in [0.2, 0.25) is 12.7 Å². The Balaban J connectivity index is 1.44. The number of hydrogen-bond donors (Lipinski definition) is 0. The van der Waals surface area contributed by atoms with Crippen molar-refractivity contribution in [2.75, 3.05) is 19.9 Å². The molecule has 0 saturated carbocycles. The average Bonchev–Trinajstić information content (AvgIpc) is 3.10. The zero-order valence-corrected chi connectivity index (χ0v) is 13.1. The van der Waals surface area contributed by atoms with Crippen molar-refractivity contribution in [2.24, 2.45) is 0 Å². The number of aromatic nitrogens is 2. The van der Waals surface area contributed by atoms with Gasteiger partial charge in [-0.1, -0.05) is 0 Å². The Morgan fingerprint density at radius 1 is 1.25 bits per heavy atom. The third-order valence-electron chi connectivity index (χ3n) is 4.12. The van der Waals surface area contributed by atoms with Crippen molar-refractivity contribution >= 4 is 5.91 Å². The Hall–Kier alpha value is -2.83. The first-order chi connectivity index (χ1) is 11.8. The first kappa shape index (κ1) is 14.7. The highest BCUT2D eigenvalue weighted by molar-refractivity contribution is 5.95. The van der Waals surface area contributed by atoms with E-state index in [1.807, 2.05) is 4.90 Å². The molecule has 0 aliphatic carbocycles. The summed E-state index contributed by atoms with van der Waals surface area (Å²) >= 11 is 0. The highest BCUT2D eigenvalue weighted by Crippen LogP contribution is 2.33. The summed E-state index contributed by atoms with van der Waals surface area (Å²) in [6, 6.07) is 8.82. The van der Waals surface area contributed by atoms with E-state index in [4.69, 9.17) is 14.2 Å². The first-order valence-electron chi connectivity index (χ1n) is 7.93. The molecule has 1 saturated heterocycles. The third-order valence-corrected chi connectivity index (χ3v) is 4.12. The van der Waals surface area contributed by atoms with Gasteiger partial charge in [0.05, 0.1) is 6.54 Å². The first-order valence-corrected chi connectivity index (χ1v) is 7.93. The molecule has 0 bridgehead atoms. The number of rotatable bonds is 3. The summed E-state index contributed by atoms with van der Waals surface area (Å²) < 4.78 is 16.5. The fraction of sp³-hybridized carbons (Fsp3) is 0.353. The Kier molecular flexibility index (Phi) is 3.90. The molecule has 7 heteroatoms. The van der Waals surface area contributed by atoms with Crippen LogP contribution in [0.25, 0.3) is 0 Å². The lowest BCUT2D eigenvalue weighted by Crippen LogP contribution is -2.44. The molecule has 2 aromatic rings. The van der Waals surface area contributed by atoms with Gasteiger partial charge in [0, 0.05) is 24.4 Å². The van der Waals surface area contributed by atoms with Gasteiger partial charge in [0.15, 0.2) is 11.5 Å². The van der Waals surface area contributed by atoms with Crippen LogP contribution >= 0.6 is 0 Å². The van der Waals surface area contributed by atoms with Gasteiger partial charge in [0.25, 0.3) is 5.91 Å². The van der Waals surface area contributed by atoms with Gasteiger partial charge in [-0.25, -0.2) is 0 Å². The van der Waals surface area contributed by atoms with Crippen molar-refractivity contribution in [3.63, 3.8) is 0 Å². The maximum absolute atomic E-state index is 12.7. The normalized spacial score (nSPS) is 19.2. The van der Waals surface area contributed by atoms with Crippen LogP contribution in [-0.2, 0) is 0 Å².